The quantitative estimate of drug-likeness (QED) is 0.914. The summed E-state index contributed by atoms with van der Waals surface area (Å²) in [6.45, 7) is 0.498. The topological polar surface area (TPSA) is 35.2 Å². The first-order valence-corrected chi connectivity index (χ1v) is 6.28. The molecule has 0 amide bonds. The SMILES string of the molecule is NCc1ccc(Oc2cccc(Cl)c2)cc1Br. The fourth-order valence-corrected chi connectivity index (χ4v) is 2.12. The summed E-state index contributed by atoms with van der Waals surface area (Å²) in [5.74, 6) is 1.46. The molecule has 0 spiro atoms. The van der Waals surface area contributed by atoms with Crippen molar-refractivity contribution in [1.29, 1.82) is 0 Å². The summed E-state index contributed by atoms with van der Waals surface area (Å²) in [6.07, 6.45) is 0. The Kier molecular flexibility index (Phi) is 4.05. The van der Waals surface area contributed by atoms with Gasteiger partial charge in [0.25, 0.3) is 0 Å². The summed E-state index contributed by atoms with van der Waals surface area (Å²) in [4.78, 5) is 0. The highest BCUT2D eigenvalue weighted by Gasteiger charge is 2.02. The van der Waals surface area contributed by atoms with Crippen LogP contribution in [0.5, 0.6) is 11.5 Å². The van der Waals surface area contributed by atoms with E-state index in [0.29, 0.717) is 17.3 Å². The highest BCUT2D eigenvalue weighted by molar-refractivity contribution is 9.10. The largest absolute Gasteiger partial charge is 0.457 e. The van der Waals surface area contributed by atoms with Gasteiger partial charge in [-0.05, 0) is 35.9 Å². The van der Waals surface area contributed by atoms with Crippen LogP contribution in [0.4, 0.5) is 0 Å². The van der Waals surface area contributed by atoms with Crippen molar-refractivity contribution in [1.82, 2.24) is 0 Å². The molecule has 0 saturated carbocycles. The maximum absolute atomic E-state index is 5.88. The minimum Gasteiger partial charge on any atom is -0.457 e. The molecule has 0 heterocycles. The molecule has 88 valence electrons. The van der Waals surface area contributed by atoms with Crippen molar-refractivity contribution >= 4 is 27.5 Å². The average Bonchev–Trinajstić information content (AvgIpc) is 2.29. The second-order valence-electron chi connectivity index (χ2n) is 3.52. The highest BCUT2D eigenvalue weighted by Crippen LogP contribution is 2.28. The maximum atomic E-state index is 5.88. The Hall–Kier alpha value is -1.03. The van der Waals surface area contributed by atoms with Crippen molar-refractivity contribution in [2.45, 2.75) is 6.54 Å². The molecule has 17 heavy (non-hydrogen) atoms. The lowest BCUT2D eigenvalue weighted by Gasteiger charge is -2.08. The minimum absolute atomic E-state index is 0.498. The zero-order valence-electron chi connectivity index (χ0n) is 8.99. The predicted octanol–water partition coefficient (Wildman–Crippen LogP) is 4.35. The summed E-state index contributed by atoms with van der Waals surface area (Å²) in [5.41, 5.74) is 6.63. The van der Waals surface area contributed by atoms with Gasteiger partial charge in [-0.3, -0.25) is 0 Å². The predicted molar refractivity (Wildman–Crippen MR) is 73.6 cm³/mol. The standard InChI is InChI=1S/C13H11BrClNO/c14-13-7-12(5-4-9(13)8-16)17-11-3-1-2-10(15)6-11/h1-7H,8,16H2. The Labute approximate surface area is 113 Å². The minimum atomic E-state index is 0.498. The van der Waals surface area contributed by atoms with Gasteiger partial charge in [0.2, 0.25) is 0 Å². The normalized spacial score (nSPS) is 10.3. The van der Waals surface area contributed by atoms with E-state index in [4.69, 9.17) is 22.1 Å². The van der Waals surface area contributed by atoms with Crippen LogP contribution in [0, 0.1) is 0 Å². The van der Waals surface area contributed by atoms with Crippen molar-refractivity contribution in [2.75, 3.05) is 0 Å². The number of benzene rings is 2. The number of ether oxygens (including phenoxy) is 1. The number of halogens is 2. The van der Waals surface area contributed by atoms with Gasteiger partial charge in [0.15, 0.2) is 0 Å². The lowest BCUT2D eigenvalue weighted by atomic mass is 10.2. The third kappa shape index (κ3) is 3.22. The molecular weight excluding hydrogens is 302 g/mol. The fraction of sp³-hybridized carbons (Fsp3) is 0.0769. The molecule has 0 aliphatic heterocycles. The van der Waals surface area contributed by atoms with Gasteiger partial charge in [0.05, 0.1) is 0 Å². The number of rotatable bonds is 3. The molecule has 0 bridgehead atoms. The van der Waals surface area contributed by atoms with Crippen LogP contribution >= 0.6 is 27.5 Å². The first-order chi connectivity index (χ1) is 8.19. The molecule has 2 aromatic carbocycles. The van der Waals surface area contributed by atoms with Crippen molar-refractivity contribution in [3.8, 4) is 11.5 Å². The van der Waals surface area contributed by atoms with Gasteiger partial charge in [0, 0.05) is 16.0 Å². The lowest BCUT2D eigenvalue weighted by Crippen LogP contribution is -1.97. The van der Waals surface area contributed by atoms with Crippen LogP contribution in [-0.2, 0) is 6.54 Å². The smallest absolute Gasteiger partial charge is 0.128 e. The van der Waals surface area contributed by atoms with E-state index in [1.165, 1.54) is 0 Å². The Bertz CT molecular complexity index is 531. The molecular formula is C13H11BrClNO. The number of nitrogens with two attached hydrogens (primary N) is 1. The molecule has 0 aromatic heterocycles. The number of hydrogen-bond donors (Lipinski definition) is 1. The second kappa shape index (κ2) is 5.54. The van der Waals surface area contributed by atoms with Crippen LogP contribution in [0.15, 0.2) is 46.9 Å². The molecule has 2 nitrogen and oxygen atoms in total. The zero-order valence-corrected chi connectivity index (χ0v) is 11.3. The van der Waals surface area contributed by atoms with Crippen molar-refractivity contribution in [3.63, 3.8) is 0 Å². The average molecular weight is 313 g/mol. The summed E-state index contributed by atoms with van der Waals surface area (Å²) in [5, 5.41) is 0.653. The summed E-state index contributed by atoms with van der Waals surface area (Å²) in [6, 6.07) is 13.0. The fourth-order valence-electron chi connectivity index (χ4n) is 1.42. The van der Waals surface area contributed by atoms with Crippen LogP contribution < -0.4 is 10.5 Å². The van der Waals surface area contributed by atoms with E-state index in [9.17, 15) is 0 Å². The Morgan fingerprint density at radius 3 is 2.53 bits per heavy atom. The van der Waals surface area contributed by atoms with E-state index >= 15 is 0 Å². The van der Waals surface area contributed by atoms with Crippen LogP contribution in [-0.4, -0.2) is 0 Å². The van der Waals surface area contributed by atoms with E-state index in [1.54, 1.807) is 6.07 Å². The zero-order chi connectivity index (χ0) is 12.3. The van der Waals surface area contributed by atoms with Gasteiger partial charge in [0.1, 0.15) is 11.5 Å². The Balaban J connectivity index is 2.22. The third-order valence-electron chi connectivity index (χ3n) is 2.28. The molecule has 0 saturated heterocycles. The van der Waals surface area contributed by atoms with Crippen molar-refractivity contribution < 1.29 is 4.74 Å². The third-order valence-corrected chi connectivity index (χ3v) is 3.25. The molecule has 2 N–H and O–H groups in total. The van der Waals surface area contributed by atoms with E-state index in [2.05, 4.69) is 15.9 Å². The first kappa shape index (κ1) is 12.4. The highest BCUT2D eigenvalue weighted by atomic mass is 79.9. The molecule has 0 radical (unpaired) electrons. The van der Waals surface area contributed by atoms with E-state index < -0.39 is 0 Å². The summed E-state index contributed by atoms with van der Waals surface area (Å²) < 4.78 is 6.63. The Morgan fingerprint density at radius 2 is 1.88 bits per heavy atom. The van der Waals surface area contributed by atoms with Gasteiger partial charge < -0.3 is 10.5 Å². The van der Waals surface area contributed by atoms with Crippen LogP contribution in [0.3, 0.4) is 0 Å². The molecule has 0 aliphatic carbocycles. The van der Waals surface area contributed by atoms with E-state index in [1.807, 2.05) is 36.4 Å². The van der Waals surface area contributed by atoms with Crippen molar-refractivity contribution in [2.24, 2.45) is 5.73 Å². The van der Waals surface area contributed by atoms with E-state index in [-0.39, 0.29) is 0 Å². The van der Waals surface area contributed by atoms with Crippen molar-refractivity contribution in [3.05, 3.63) is 57.5 Å². The molecule has 0 unspecified atom stereocenters. The van der Waals surface area contributed by atoms with Gasteiger partial charge in [-0.1, -0.05) is 39.7 Å². The molecule has 2 rings (SSSR count). The maximum Gasteiger partial charge on any atom is 0.128 e. The molecule has 0 aliphatic rings. The molecule has 4 heteroatoms. The van der Waals surface area contributed by atoms with Crippen LogP contribution in [0.1, 0.15) is 5.56 Å². The Morgan fingerprint density at radius 1 is 1.12 bits per heavy atom. The second-order valence-corrected chi connectivity index (χ2v) is 4.81. The van der Waals surface area contributed by atoms with Gasteiger partial charge in [-0.15, -0.1) is 0 Å². The molecule has 2 aromatic rings. The first-order valence-electron chi connectivity index (χ1n) is 5.11. The van der Waals surface area contributed by atoms with Gasteiger partial charge in [-0.25, -0.2) is 0 Å². The number of hydrogen-bond acceptors (Lipinski definition) is 2. The lowest BCUT2D eigenvalue weighted by molar-refractivity contribution is 0.482. The molecule has 0 fully saturated rings. The van der Waals surface area contributed by atoms with Gasteiger partial charge in [-0.2, -0.15) is 0 Å². The van der Waals surface area contributed by atoms with Gasteiger partial charge >= 0.3 is 0 Å². The molecule has 0 atom stereocenters. The van der Waals surface area contributed by atoms with Crippen LogP contribution in [0.25, 0.3) is 0 Å². The van der Waals surface area contributed by atoms with E-state index in [0.717, 1.165) is 15.8 Å². The summed E-state index contributed by atoms with van der Waals surface area (Å²) >= 11 is 9.33. The summed E-state index contributed by atoms with van der Waals surface area (Å²) in [7, 11) is 0. The monoisotopic (exact) mass is 311 g/mol. The van der Waals surface area contributed by atoms with Crippen LogP contribution in [0.2, 0.25) is 5.02 Å².